The zero-order valence-corrected chi connectivity index (χ0v) is 15.1. The summed E-state index contributed by atoms with van der Waals surface area (Å²) in [7, 11) is 1.73. The van der Waals surface area contributed by atoms with Crippen LogP contribution < -0.4 is 4.74 Å². The number of aromatic nitrogens is 2. The number of fused-ring (bicyclic) bond motifs is 4. The quantitative estimate of drug-likeness (QED) is 0.789. The minimum atomic E-state index is -0.0344. The summed E-state index contributed by atoms with van der Waals surface area (Å²) in [5.41, 5.74) is 5.12. The lowest BCUT2D eigenvalue weighted by molar-refractivity contribution is 0.202. The Morgan fingerprint density at radius 1 is 1.21 bits per heavy atom. The minimum Gasteiger partial charge on any atom is -0.497 e. The Kier molecular flexibility index (Phi) is 3.15. The van der Waals surface area contributed by atoms with Crippen molar-refractivity contribution in [2.75, 3.05) is 7.11 Å². The van der Waals surface area contributed by atoms with Gasteiger partial charge in [0, 0.05) is 17.0 Å². The Labute approximate surface area is 143 Å². The van der Waals surface area contributed by atoms with Crippen molar-refractivity contribution in [2.45, 2.75) is 44.9 Å². The first-order chi connectivity index (χ1) is 11.4. The van der Waals surface area contributed by atoms with Gasteiger partial charge in [0.25, 0.3) is 0 Å². The van der Waals surface area contributed by atoms with Gasteiger partial charge in [0.2, 0.25) is 0 Å². The highest BCUT2D eigenvalue weighted by Gasteiger charge is 2.51. The molecule has 2 aliphatic rings. The molecule has 0 fully saturated rings. The van der Waals surface area contributed by atoms with Gasteiger partial charge in [-0.1, -0.05) is 39.0 Å². The number of nitrogens with zero attached hydrogens (tertiary/aromatic N) is 2. The number of allylic oxidation sites excluding steroid dienone is 1. The summed E-state index contributed by atoms with van der Waals surface area (Å²) in [6.07, 6.45) is 7.64. The molecular weight excluding hydrogens is 296 g/mol. The molecule has 0 amide bonds. The lowest BCUT2D eigenvalue weighted by Crippen LogP contribution is -2.50. The molecule has 2 aromatic rings. The molecule has 1 unspecified atom stereocenters. The first kappa shape index (κ1) is 15.4. The third kappa shape index (κ3) is 1.97. The van der Waals surface area contributed by atoms with Crippen LogP contribution in [0.4, 0.5) is 0 Å². The lowest BCUT2D eigenvalue weighted by Gasteiger charge is -2.52. The Morgan fingerprint density at radius 3 is 2.75 bits per heavy atom. The Morgan fingerprint density at radius 2 is 2.00 bits per heavy atom. The SMILES string of the molecule is COc1ccc2c(c1)[C@@]1(C)Cc3cnc(C)nc3C(C)(C)C1C=C2. The average Bonchev–Trinajstić information content (AvgIpc) is 2.55. The summed E-state index contributed by atoms with van der Waals surface area (Å²) in [5.74, 6) is 2.17. The summed E-state index contributed by atoms with van der Waals surface area (Å²) in [4.78, 5) is 9.27. The number of hydrogen-bond donors (Lipinski definition) is 0. The third-order valence-corrected chi connectivity index (χ3v) is 5.96. The lowest BCUT2D eigenvalue weighted by atomic mass is 9.52. The summed E-state index contributed by atoms with van der Waals surface area (Å²) in [6.45, 7) is 8.98. The van der Waals surface area contributed by atoms with E-state index in [-0.39, 0.29) is 10.8 Å². The molecule has 0 spiro atoms. The fraction of sp³-hybridized carbons (Fsp3) is 0.429. The number of ether oxygens (including phenoxy) is 1. The van der Waals surface area contributed by atoms with Crippen LogP contribution in [0.15, 0.2) is 30.5 Å². The van der Waals surface area contributed by atoms with Crippen molar-refractivity contribution in [3.8, 4) is 5.75 Å². The standard InChI is InChI=1S/C21H24N2O/c1-13-22-12-15-11-21(4)17-10-16(24-5)8-6-14(17)7-9-18(21)20(2,3)19(15)23-13/h6-10,12,18H,11H2,1-5H3/t18?,21-/m1/s1. The maximum Gasteiger partial charge on any atom is 0.125 e. The Bertz CT molecular complexity index is 853. The van der Waals surface area contributed by atoms with Crippen LogP contribution in [-0.4, -0.2) is 17.1 Å². The average molecular weight is 320 g/mol. The van der Waals surface area contributed by atoms with E-state index < -0.39 is 0 Å². The van der Waals surface area contributed by atoms with Gasteiger partial charge in [0.1, 0.15) is 11.6 Å². The van der Waals surface area contributed by atoms with Gasteiger partial charge < -0.3 is 4.74 Å². The van der Waals surface area contributed by atoms with E-state index >= 15 is 0 Å². The van der Waals surface area contributed by atoms with E-state index in [2.05, 4.69) is 50.0 Å². The van der Waals surface area contributed by atoms with Gasteiger partial charge in [-0.25, -0.2) is 9.97 Å². The molecule has 1 aromatic carbocycles. The van der Waals surface area contributed by atoms with Crippen LogP contribution in [0.1, 0.15) is 49.0 Å². The fourth-order valence-electron chi connectivity index (χ4n) is 4.85. The molecule has 2 aliphatic carbocycles. The zero-order valence-electron chi connectivity index (χ0n) is 15.1. The van der Waals surface area contributed by atoms with Crippen LogP contribution in [0.2, 0.25) is 0 Å². The molecule has 2 atom stereocenters. The number of methoxy groups -OCH3 is 1. The zero-order chi connectivity index (χ0) is 17.1. The second-order valence-corrected chi connectivity index (χ2v) is 7.90. The van der Waals surface area contributed by atoms with Gasteiger partial charge in [-0.3, -0.25) is 0 Å². The first-order valence-electron chi connectivity index (χ1n) is 8.56. The molecule has 0 bridgehead atoms. The molecule has 124 valence electrons. The van der Waals surface area contributed by atoms with Gasteiger partial charge in [-0.2, -0.15) is 0 Å². The largest absolute Gasteiger partial charge is 0.497 e. The van der Waals surface area contributed by atoms with Crippen molar-refractivity contribution in [3.63, 3.8) is 0 Å². The molecule has 1 aromatic heterocycles. The molecule has 0 radical (unpaired) electrons. The normalized spacial score (nSPS) is 26.3. The molecule has 1 heterocycles. The maximum absolute atomic E-state index is 5.49. The number of aryl methyl sites for hydroxylation is 1. The van der Waals surface area contributed by atoms with E-state index in [0.29, 0.717) is 5.92 Å². The summed E-state index contributed by atoms with van der Waals surface area (Å²) in [5, 5.41) is 0. The van der Waals surface area contributed by atoms with Gasteiger partial charge in [-0.05, 0) is 48.1 Å². The van der Waals surface area contributed by atoms with Crippen molar-refractivity contribution in [1.29, 1.82) is 0 Å². The van der Waals surface area contributed by atoms with E-state index in [1.807, 2.05) is 19.2 Å². The molecular formula is C21H24N2O. The molecule has 0 N–H and O–H groups in total. The van der Waals surface area contributed by atoms with E-state index in [0.717, 1.165) is 18.0 Å². The van der Waals surface area contributed by atoms with Crippen molar-refractivity contribution < 1.29 is 4.74 Å². The fourth-order valence-corrected chi connectivity index (χ4v) is 4.85. The van der Waals surface area contributed by atoms with E-state index in [1.54, 1.807) is 7.11 Å². The number of hydrogen-bond acceptors (Lipinski definition) is 3. The highest BCUT2D eigenvalue weighted by Crippen LogP contribution is 2.54. The monoisotopic (exact) mass is 320 g/mol. The van der Waals surface area contributed by atoms with Crippen molar-refractivity contribution in [1.82, 2.24) is 9.97 Å². The number of benzene rings is 1. The van der Waals surface area contributed by atoms with Crippen LogP contribution >= 0.6 is 0 Å². The summed E-state index contributed by atoms with van der Waals surface area (Å²) >= 11 is 0. The Hall–Kier alpha value is -2.16. The second-order valence-electron chi connectivity index (χ2n) is 7.90. The first-order valence-corrected chi connectivity index (χ1v) is 8.56. The van der Waals surface area contributed by atoms with Crippen LogP contribution in [-0.2, 0) is 17.3 Å². The summed E-state index contributed by atoms with van der Waals surface area (Å²) < 4.78 is 5.49. The topological polar surface area (TPSA) is 35.0 Å². The van der Waals surface area contributed by atoms with Crippen molar-refractivity contribution in [2.24, 2.45) is 5.92 Å². The molecule has 0 saturated carbocycles. The van der Waals surface area contributed by atoms with Crippen molar-refractivity contribution >= 4 is 6.08 Å². The highest BCUT2D eigenvalue weighted by atomic mass is 16.5. The van der Waals surface area contributed by atoms with Gasteiger partial charge in [-0.15, -0.1) is 0 Å². The van der Waals surface area contributed by atoms with Gasteiger partial charge in [0.05, 0.1) is 12.8 Å². The van der Waals surface area contributed by atoms with Crippen molar-refractivity contribution in [3.05, 3.63) is 58.7 Å². The maximum atomic E-state index is 5.49. The molecule has 0 saturated heterocycles. The van der Waals surface area contributed by atoms with E-state index in [9.17, 15) is 0 Å². The van der Waals surface area contributed by atoms with Crippen LogP contribution in [0, 0.1) is 12.8 Å². The molecule has 3 nitrogen and oxygen atoms in total. The molecule has 24 heavy (non-hydrogen) atoms. The minimum absolute atomic E-state index is 0.0216. The number of rotatable bonds is 1. The second kappa shape index (κ2) is 4.92. The molecule has 0 aliphatic heterocycles. The Balaban J connectivity index is 1.95. The van der Waals surface area contributed by atoms with Gasteiger partial charge >= 0.3 is 0 Å². The molecule has 4 rings (SSSR count). The van der Waals surface area contributed by atoms with Crippen LogP contribution in [0.25, 0.3) is 6.08 Å². The van der Waals surface area contributed by atoms with Gasteiger partial charge in [0.15, 0.2) is 0 Å². The molecule has 3 heteroatoms. The van der Waals surface area contributed by atoms with E-state index in [4.69, 9.17) is 9.72 Å². The van der Waals surface area contributed by atoms with E-state index in [1.165, 1.54) is 22.4 Å². The predicted molar refractivity (Wildman–Crippen MR) is 96.4 cm³/mol. The third-order valence-electron chi connectivity index (χ3n) is 5.96. The smallest absolute Gasteiger partial charge is 0.125 e. The highest BCUT2D eigenvalue weighted by molar-refractivity contribution is 5.64. The summed E-state index contributed by atoms with van der Waals surface area (Å²) in [6, 6.07) is 6.42. The van der Waals surface area contributed by atoms with Crippen LogP contribution in [0.3, 0.4) is 0 Å². The van der Waals surface area contributed by atoms with Crippen LogP contribution in [0.5, 0.6) is 5.75 Å². The predicted octanol–water partition coefficient (Wildman–Crippen LogP) is 4.23.